The van der Waals surface area contributed by atoms with E-state index in [-0.39, 0.29) is 18.1 Å². The quantitative estimate of drug-likeness (QED) is 0.674. The largest absolute Gasteiger partial charge is 0.456 e. The van der Waals surface area contributed by atoms with Gasteiger partial charge in [-0.05, 0) is 17.7 Å². The van der Waals surface area contributed by atoms with Crippen molar-refractivity contribution in [2.75, 3.05) is 0 Å². The Labute approximate surface area is 131 Å². The second kappa shape index (κ2) is 6.49. The van der Waals surface area contributed by atoms with Crippen LogP contribution in [0.1, 0.15) is 16.1 Å². The molecular formula is C17H12FNO2S. The van der Waals surface area contributed by atoms with Gasteiger partial charge in [-0.3, -0.25) is 0 Å². The molecule has 0 bridgehead atoms. The van der Waals surface area contributed by atoms with Gasteiger partial charge in [-0.25, -0.2) is 14.2 Å². The maximum atomic E-state index is 13.1. The summed E-state index contributed by atoms with van der Waals surface area (Å²) in [5.41, 5.74) is 1.82. The van der Waals surface area contributed by atoms with Crippen molar-refractivity contribution < 1.29 is 13.9 Å². The van der Waals surface area contributed by atoms with Crippen LogP contribution in [-0.4, -0.2) is 11.0 Å². The van der Waals surface area contributed by atoms with Crippen molar-refractivity contribution in [3.05, 3.63) is 77.1 Å². The van der Waals surface area contributed by atoms with E-state index in [1.54, 1.807) is 17.5 Å². The van der Waals surface area contributed by atoms with Gasteiger partial charge in [-0.1, -0.05) is 42.5 Å². The first-order chi connectivity index (χ1) is 10.7. The molecule has 3 rings (SSSR count). The second-order valence-corrected chi connectivity index (χ2v) is 5.47. The second-order valence-electron chi connectivity index (χ2n) is 4.61. The van der Waals surface area contributed by atoms with Gasteiger partial charge in [-0.2, -0.15) is 0 Å². The minimum absolute atomic E-state index is 0.0226. The summed E-state index contributed by atoms with van der Waals surface area (Å²) in [6, 6.07) is 15.6. The van der Waals surface area contributed by atoms with Gasteiger partial charge in [0, 0.05) is 10.9 Å². The SMILES string of the molecule is O=C(OCc1cccc(F)c1)c1csc(-c2ccccc2)n1. The topological polar surface area (TPSA) is 39.2 Å². The summed E-state index contributed by atoms with van der Waals surface area (Å²) in [7, 11) is 0. The monoisotopic (exact) mass is 313 g/mol. The van der Waals surface area contributed by atoms with E-state index in [2.05, 4.69) is 4.98 Å². The summed E-state index contributed by atoms with van der Waals surface area (Å²) in [6.07, 6.45) is 0. The lowest BCUT2D eigenvalue weighted by Crippen LogP contribution is -2.05. The number of thiazole rings is 1. The zero-order valence-corrected chi connectivity index (χ0v) is 12.3. The molecule has 22 heavy (non-hydrogen) atoms. The van der Waals surface area contributed by atoms with Crippen LogP contribution in [0.25, 0.3) is 10.6 Å². The minimum atomic E-state index is -0.511. The average Bonchev–Trinajstić information content (AvgIpc) is 3.04. The van der Waals surface area contributed by atoms with E-state index in [4.69, 9.17) is 4.74 Å². The van der Waals surface area contributed by atoms with Crippen LogP contribution < -0.4 is 0 Å². The molecule has 1 aromatic heterocycles. The molecule has 3 nitrogen and oxygen atoms in total. The fourth-order valence-electron chi connectivity index (χ4n) is 1.93. The molecule has 3 aromatic rings. The van der Waals surface area contributed by atoms with Crippen LogP contribution in [0.3, 0.4) is 0 Å². The van der Waals surface area contributed by atoms with Crippen molar-refractivity contribution in [1.29, 1.82) is 0 Å². The number of ether oxygens (including phenoxy) is 1. The lowest BCUT2D eigenvalue weighted by atomic mass is 10.2. The van der Waals surface area contributed by atoms with Crippen LogP contribution in [0.15, 0.2) is 60.0 Å². The van der Waals surface area contributed by atoms with Crippen molar-refractivity contribution in [2.24, 2.45) is 0 Å². The van der Waals surface area contributed by atoms with E-state index in [9.17, 15) is 9.18 Å². The fourth-order valence-corrected chi connectivity index (χ4v) is 2.73. The minimum Gasteiger partial charge on any atom is -0.456 e. The summed E-state index contributed by atoms with van der Waals surface area (Å²) in [4.78, 5) is 16.3. The number of hydrogen-bond acceptors (Lipinski definition) is 4. The van der Waals surface area contributed by atoms with Gasteiger partial charge < -0.3 is 4.74 Å². The van der Waals surface area contributed by atoms with Crippen molar-refractivity contribution in [2.45, 2.75) is 6.61 Å². The van der Waals surface area contributed by atoms with Crippen LogP contribution in [0.2, 0.25) is 0 Å². The Morgan fingerprint density at radius 1 is 1.14 bits per heavy atom. The van der Waals surface area contributed by atoms with Crippen LogP contribution in [0.4, 0.5) is 4.39 Å². The first-order valence-electron chi connectivity index (χ1n) is 6.65. The number of hydrogen-bond donors (Lipinski definition) is 0. The Hall–Kier alpha value is -2.53. The molecule has 0 saturated heterocycles. The lowest BCUT2D eigenvalue weighted by Gasteiger charge is -2.03. The van der Waals surface area contributed by atoms with Crippen LogP contribution >= 0.6 is 11.3 Å². The molecule has 0 saturated carbocycles. The van der Waals surface area contributed by atoms with Gasteiger partial charge in [0.05, 0.1) is 0 Å². The van der Waals surface area contributed by atoms with Crippen molar-refractivity contribution in [3.63, 3.8) is 0 Å². The van der Waals surface area contributed by atoms with Gasteiger partial charge >= 0.3 is 5.97 Å². The number of esters is 1. The van der Waals surface area contributed by atoms with Crippen molar-refractivity contribution in [3.8, 4) is 10.6 Å². The maximum absolute atomic E-state index is 13.1. The number of benzene rings is 2. The van der Waals surface area contributed by atoms with Gasteiger partial charge in [0.2, 0.25) is 0 Å². The van der Waals surface area contributed by atoms with E-state index >= 15 is 0 Å². The molecule has 0 unspecified atom stereocenters. The molecular weight excluding hydrogens is 301 g/mol. The summed E-state index contributed by atoms with van der Waals surface area (Å²) in [5, 5.41) is 2.43. The number of carbonyl (C=O) groups excluding carboxylic acids is 1. The Bertz CT molecular complexity index is 786. The highest BCUT2D eigenvalue weighted by molar-refractivity contribution is 7.13. The standard InChI is InChI=1S/C17H12FNO2S/c18-14-8-4-5-12(9-14)10-21-17(20)15-11-22-16(19-15)13-6-2-1-3-7-13/h1-9,11H,10H2. The fraction of sp³-hybridized carbons (Fsp3) is 0.0588. The predicted molar refractivity (Wildman–Crippen MR) is 83.1 cm³/mol. The van der Waals surface area contributed by atoms with Crippen LogP contribution in [-0.2, 0) is 11.3 Å². The molecule has 2 aromatic carbocycles. The number of halogens is 1. The Morgan fingerprint density at radius 2 is 1.95 bits per heavy atom. The molecule has 5 heteroatoms. The number of nitrogens with zero attached hydrogens (tertiary/aromatic N) is 1. The molecule has 0 atom stereocenters. The molecule has 0 radical (unpaired) electrons. The molecule has 0 spiro atoms. The van der Waals surface area contributed by atoms with E-state index in [1.807, 2.05) is 30.3 Å². The zero-order chi connectivity index (χ0) is 15.4. The van der Waals surface area contributed by atoms with Crippen molar-refractivity contribution in [1.82, 2.24) is 4.98 Å². The first-order valence-corrected chi connectivity index (χ1v) is 7.53. The van der Waals surface area contributed by atoms with E-state index in [0.29, 0.717) is 5.56 Å². The summed E-state index contributed by atoms with van der Waals surface area (Å²) < 4.78 is 18.2. The van der Waals surface area contributed by atoms with E-state index < -0.39 is 5.97 Å². The zero-order valence-electron chi connectivity index (χ0n) is 11.5. The smallest absolute Gasteiger partial charge is 0.358 e. The molecule has 0 aliphatic rings. The number of aromatic nitrogens is 1. The summed E-state index contributed by atoms with van der Waals surface area (Å²) >= 11 is 1.38. The molecule has 110 valence electrons. The first kappa shape index (κ1) is 14.4. The average molecular weight is 313 g/mol. The molecule has 0 N–H and O–H groups in total. The highest BCUT2D eigenvalue weighted by Gasteiger charge is 2.13. The Morgan fingerprint density at radius 3 is 2.73 bits per heavy atom. The Balaban J connectivity index is 1.67. The van der Waals surface area contributed by atoms with Gasteiger partial charge in [0.25, 0.3) is 0 Å². The summed E-state index contributed by atoms with van der Waals surface area (Å²) in [5.74, 6) is -0.865. The summed E-state index contributed by atoms with van der Waals surface area (Å²) in [6.45, 7) is 0.0226. The third-order valence-corrected chi connectivity index (χ3v) is 3.88. The van der Waals surface area contributed by atoms with Gasteiger partial charge in [0.15, 0.2) is 5.69 Å². The number of rotatable bonds is 4. The van der Waals surface area contributed by atoms with Crippen molar-refractivity contribution >= 4 is 17.3 Å². The van der Waals surface area contributed by atoms with Gasteiger partial charge in [0.1, 0.15) is 17.4 Å². The van der Waals surface area contributed by atoms with Gasteiger partial charge in [-0.15, -0.1) is 11.3 Å². The highest BCUT2D eigenvalue weighted by atomic mass is 32.1. The molecule has 0 aliphatic heterocycles. The molecule has 0 amide bonds. The molecule has 0 aliphatic carbocycles. The third kappa shape index (κ3) is 3.38. The molecule has 0 fully saturated rings. The van der Waals surface area contributed by atoms with Crippen LogP contribution in [0.5, 0.6) is 0 Å². The lowest BCUT2D eigenvalue weighted by molar-refractivity contribution is 0.0466. The molecule has 1 heterocycles. The highest BCUT2D eigenvalue weighted by Crippen LogP contribution is 2.23. The Kier molecular flexibility index (Phi) is 4.25. The van der Waals surface area contributed by atoms with Crippen LogP contribution in [0, 0.1) is 5.82 Å². The normalized spacial score (nSPS) is 10.4. The van der Waals surface area contributed by atoms with E-state index in [1.165, 1.54) is 23.5 Å². The van der Waals surface area contributed by atoms with E-state index in [0.717, 1.165) is 10.6 Å². The predicted octanol–water partition coefficient (Wildman–Crippen LogP) is 4.31. The number of carbonyl (C=O) groups is 1. The maximum Gasteiger partial charge on any atom is 0.358 e. The third-order valence-electron chi connectivity index (χ3n) is 2.99.